The van der Waals surface area contributed by atoms with E-state index in [1.54, 1.807) is 0 Å². The van der Waals surface area contributed by atoms with Crippen molar-refractivity contribution in [2.45, 2.75) is 6.18 Å². The van der Waals surface area contributed by atoms with Crippen molar-refractivity contribution in [3.8, 4) is 0 Å². The molecule has 0 radical (unpaired) electrons. The number of pyridine rings is 1. The van der Waals surface area contributed by atoms with Crippen LogP contribution < -0.4 is 5.56 Å². The molecule has 0 spiro atoms. The van der Waals surface area contributed by atoms with Gasteiger partial charge in [0.05, 0.1) is 11.1 Å². The first-order valence-electron chi connectivity index (χ1n) is 4.67. The number of aromatic nitrogens is 1. The predicted octanol–water partition coefficient (Wildman–Crippen LogP) is 2.70. The lowest BCUT2D eigenvalue weighted by Gasteiger charge is -2.12. The third-order valence-electron chi connectivity index (χ3n) is 2.51. The van der Waals surface area contributed by atoms with E-state index < -0.39 is 23.1 Å². The van der Waals surface area contributed by atoms with Crippen molar-refractivity contribution in [3.63, 3.8) is 0 Å². The van der Waals surface area contributed by atoms with Crippen molar-refractivity contribution < 1.29 is 17.6 Å². The maximum absolute atomic E-state index is 13.0. The maximum atomic E-state index is 13.0. The summed E-state index contributed by atoms with van der Waals surface area (Å²) in [6.45, 7) is 0. The number of nitrogens with zero attached hydrogens (tertiary/aromatic N) is 1. The Morgan fingerprint density at radius 2 is 1.82 bits per heavy atom. The number of benzene rings is 1. The molecule has 1 aromatic carbocycles. The van der Waals surface area contributed by atoms with E-state index in [1.807, 2.05) is 0 Å². The molecule has 0 saturated heterocycles. The zero-order valence-corrected chi connectivity index (χ0v) is 8.68. The third-order valence-corrected chi connectivity index (χ3v) is 2.51. The Morgan fingerprint density at radius 3 is 2.41 bits per heavy atom. The summed E-state index contributed by atoms with van der Waals surface area (Å²) >= 11 is 0. The fraction of sp³-hybridized carbons (Fsp3) is 0.182. The number of halogens is 4. The largest absolute Gasteiger partial charge is 0.417 e. The second-order valence-corrected chi connectivity index (χ2v) is 3.61. The average molecular weight is 245 g/mol. The van der Waals surface area contributed by atoms with E-state index in [0.29, 0.717) is 6.07 Å². The predicted molar refractivity (Wildman–Crippen MR) is 54.1 cm³/mol. The van der Waals surface area contributed by atoms with Crippen LogP contribution in [0, 0.1) is 5.82 Å². The minimum Gasteiger partial charge on any atom is -0.311 e. The summed E-state index contributed by atoms with van der Waals surface area (Å²) in [5.74, 6) is -0.776. The molecule has 2 aromatic rings. The normalized spacial score (nSPS) is 12.1. The molecule has 0 atom stereocenters. The molecule has 0 aliphatic heterocycles. The molecule has 0 N–H and O–H groups in total. The van der Waals surface area contributed by atoms with Gasteiger partial charge in [0, 0.05) is 18.5 Å². The van der Waals surface area contributed by atoms with Crippen LogP contribution in [0.2, 0.25) is 0 Å². The molecule has 0 unspecified atom stereocenters. The van der Waals surface area contributed by atoms with Gasteiger partial charge in [-0.05, 0) is 18.2 Å². The van der Waals surface area contributed by atoms with Crippen molar-refractivity contribution in [1.82, 2.24) is 4.57 Å². The Balaban J connectivity index is 2.98. The van der Waals surface area contributed by atoms with Crippen LogP contribution in [-0.2, 0) is 13.2 Å². The summed E-state index contributed by atoms with van der Waals surface area (Å²) in [7, 11) is 1.34. The van der Waals surface area contributed by atoms with Gasteiger partial charge in [-0.1, -0.05) is 0 Å². The van der Waals surface area contributed by atoms with Crippen molar-refractivity contribution in [2.24, 2.45) is 7.05 Å². The van der Waals surface area contributed by atoms with Crippen LogP contribution >= 0.6 is 0 Å². The highest BCUT2D eigenvalue weighted by Crippen LogP contribution is 2.33. The van der Waals surface area contributed by atoms with Crippen LogP contribution in [-0.4, -0.2) is 4.57 Å². The Bertz CT molecular complexity index is 642. The van der Waals surface area contributed by atoms with Gasteiger partial charge in [0.1, 0.15) is 5.82 Å². The molecule has 17 heavy (non-hydrogen) atoms. The molecular formula is C11H7F4NO. The molecule has 6 heteroatoms. The molecule has 0 aliphatic rings. The second kappa shape index (κ2) is 3.58. The maximum Gasteiger partial charge on any atom is 0.417 e. The number of fused-ring (bicyclic) bond motifs is 1. The summed E-state index contributed by atoms with van der Waals surface area (Å²) in [5, 5.41) is -0.320. The smallest absolute Gasteiger partial charge is 0.311 e. The van der Waals surface area contributed by atoms with Gasteiger partial charge >= 0.3 is 6.18 Å². The standard InChI is InChI=1S/C11H7F4NO/c1-16-9-3-2-6(12)4-7(9)8(5-10(16)17)11(13,14)15/h2-5H,1H3. The van der Waals surface area contributed by atoms with Crippen LogP contribution in [0.15, 0.2) is 29.1 Å². The van der Waals surface area contributed by atoms with E-state index >= 15 is 0 Å². The van der Waals surface area contributed by atoms with Gasteiger partial charge in [0.25, 0.3) is 5.56 Å². The molecule has 0 amide bonds. The van der Waals surface area contributed by atoms with E-state index in [0.717, 1.165) is 22.8 Å². The third kappa shape index (κ3) is 1.90. The molecule has 90 valence electrons. The first-order chi connectivity index (χ1) is 7.80. The number of aryl methyl sites for hydroxylation is 1. The van der Waals surface area contributed by atoms with Gasteiger partial charge in [-0.3, -0.25) is 4.79 Å². The fourth-order valence-electron chi connectivity index (χ4n) is 1.67. The van der Waals surface area contributed by atoms with E-state index in [1.165, 1.54) is 7.05 Å². The average Bonchev–Trinajstić information content (AvgIpc) is 2.21. The van der Waals surface area contributed by atoms with E-state index in [9.17, 15) is 22.4 Å². The summed E-state index contributed by atoms with van der Waals surface area (Å²) in [5.41, 5.74) is -1.85. The van der Waals surface area contributed by atoms with E-state index in [-0.39, 0.29) is 10.9 Å². The number of hydrogen-bond donors (Lipinski definition) is 0. The quantitative estimate of drug-likeness (QED) is 0.654. The minimum absolute atomic E-state index is 0.0474. The van der Waals surface area contributed by atoms with Gasteiger partial charge in [0.15, 0.2) is 0 Å². The van der Waals surface area contributed by atoms with Crippen molar-refractivity contribution in [3.05, 3.63) is 46.0 Å². The monoisotopic (exact) mass is 245 g/mol. The fourth-order valence-corrected chi connectivity index (χ4v) is 1.67. The molecule has 1 heterocycles. The van der Waals surface area contributed by atoms with Crippen LogP contribution in [0.4, 0.5) is 17.6 Å². The highest BCUT2D eigenvalue weighted by molar-refractivity contribution is 5.83. The highest BCUT2D eigenvalue weighted by atomic mass is 19.4. The molecule has 0 fully saturated rings. The lowest BCUT2D eigenvalue weighted by molar-refractivity contribution is -0.136. The van der Waals surface area contributed by atoms with E-state index in [2.05, 4.69) is 0 Å². The zero-order valence-electron chi connectivity index (χ0n) is 8.68. The molecule has 0 bridgehead atoms. The van der Waals surface area contributed by atoms with Gasteiger partial charge in [0.2, 0.25) is 0 Å². The van der Waals surface area contributed by atoms with Gasteiger partial charge in [-0.2, -0.15) is 13.2 Å². The molecule has 0 saturated carbocycles. The Kier molecular flexibility index (Phi) is 2.45. The summed E-state index contributed by atoms with van der Waals surface area (Å²) in [6, 6.07) is 3.42. The first kappa shape index (κ1) is 11.6. The SMILES string of the molecule is Cn1c(=O)cc(C(F)(F)F)c2cc(F)ccc21. The highest BCUT2D eigenvalue weighted by Gasteiger charge is 2.33. The summed E-state index contributed by atoms with van der Waals surface area (Å²) < 4.78 is 52.1. The van der Waals surface area contributed by atoms with Crippen LogP contribution in [0.3, 0.4) is 0 Å². The van der Waals surface area contributed by atoms with E-state index in [4.69, 9.17) is 0 Å². The molecule has 1 aromatic heterocycles. The van der Waals surface area contributed by atoms with Crippen LogP contribution in [0.25, 0.3) is 10.9 Å². The first-order valence-corrected chi connectivity index (χ1v) is 4.67. The lowest BCUT2D eigenvalue weighted by atomic mass is 10.1. The topological polar surface area (TPSA) is 22.0 Å². The lowest BCUT2D eigenvalue weighted by Crippen LogP contribution is -2.20. The number of rotatable bonds is 0. The van der Waals surface area contributed by atoms with Crippen molar-refractivity contribution in [2.75, 3.05) is 0 Å². The number of alkyl halides is 3. The Morgan fingerprint density at radius 1 is 1.18 bits per heavy atom. The molecule has 0 aliphatic carbocycles. The van der Waals surface area contributed by atoms with Crippen LogP contribution in [0.1, 0.15) is 5.56 Å². The van der Waals surface area contributed by atoms with Gasteiger partial charge in [-0.25, -0.2) is 4.39 Å². The second-order valence-electron chi connectivity index (χ2n) is 3.61. The Hall–Kier alpha value is -1.85. The molecule has 2 nitrogen and oxygen atoms in total. The summed E-state index contributed by atoms with van der Waals surface area (Å²) in [6.07, 6.45) is -4.68. The minimum atomic E-state index is -4.68. The number of hydrogen-bond acceptors (Lipinski definition) is 1. The zero-order chi connectivity index (χ0) is 12.8. The van der Waals surface area contributed by atoms with Gasteiger partial charge < -0.3 is 4.57 Å². The molecular weight excluding hydrogens is 238 g/mol. The van der Waals surface area contributed by atoms with Crippen molar-refractivity contribution >= 4 is 10.9 Å². The molecule has 2 rings (SSSR count). The van der Waals surface area contributed by atoms with Crippen molar-refractivity contribution in [1.29, 1.82) is 0 Å². The van der Waals surface area contributed by atoms with Gasteiger partial charge in [-0.15, -0.1) is 0 Å². The summed E-state index contributed by atoms with van der Waals surface area (Å²) in [4.78, 5) is 11.4. The van der Waals surface area contributed by atoms with Crippen LogP contribution in [0.5, 0.6) is 0 Å². The Labute approximate surface area is 93.1 Å².